The summed E-state index contributed by atoms with van der Waals surface area (Å²) in [6.07, 6.45) is 5.41. The van der Waals surface area contributed by atoms with Gasteiger partial charge in [0.2, 0.25) is 5.91 Å². The topological polar surface area (TPSA) is 46.3 Å². The van der Waals surface area contributed by atoms with Gasteiger partial charge in [0.25, 0.3) is 0 Å². The molecular formula is C11H22N2O. The number of unbranched alkanes of at least 4 members (excludes halogenated alkanes) is 1. The van der Waals surface area contributed by atoms with Gasteiger partial charge in [-0.05, 0) is 26.2 Å². The van der Waals surface area contributed by atoms with Crippen molar-refractivity contribution in [1.82, 2.24) is 4.90 Å². The number of carbonyl (C=O) groups excluding carboxylic acids is 1. The van der Waals surface area contributed by atoms with Gasteiger partial charge in [-0.15, -0.1) is 0 Å². The largest absolute Gasteiger partial charge is 0.339 e. The fourth-order valence-electron chi connectivity index (χ4n) is 2.02. The van der Waals surface area contributed by atoms with Gasteiger partial charge in [-0.25, -0.2) is 0 Å². The van der Waals surface area contributed by atoms with Crippen LogP contribution in [0.4, 0.5) is 0 Å². The molecule has 3 nitrogen and oxygen atoms in total. The van der Waals surface area contributed by atoms with Gasteiger partial charge < -0.3 is 10.6 Å². The molecule has 1 fully saturated rings. The van der Waals surface area contributed by atoms with Crippen LogP contribution in [-0.4, -0.2) is 29.4 Å². The SMILES string of the molecule is CCCCC(C)N1CCCC(N)C1=O. The van der Waals surface area contributed by atoms with Gasteiger partial charge in [-0.1, -0.05) is 19.8 Å². The molecule has 2 atom stereocenters. The third-order valence-corrected chi connectivity index (χ3v) is 3.02. The number of carbonyl (C=O) groups is 1. The average Bonchev–Trinajstić information content (AvgIpc) is 2.18. The molecule has 0 radical (unpaired) electrons. The first-order valence-corrected chi connectivity index (χ1v) is 5.73. The molecular weight excluding hydrogens is 176 g/mol. The van der Waals surface area contributed by atoms with Gasteiger partial charge >= 0.3 is 0 Å². The second-order valence-electron chi connectivity index (χ2n) is 4.27. The third-order valence-electron chi connectivity index (χ3n) is 3.02. The van der Waals surface area contributed by atoms with Gasteiger partial charge in [-0.2, -0.15) is 0 Å². The van der Waals surface area contributed by atoms with Crippen molar-refractivity contribution in [2.24, 2.45) is 5.73 Å². The molecule has 3 heteroatoms. The van der Waals surface area contributed by atoms with E-state index in [2.05, 4.69) is 13.8 Å². The molecule has 1 rings (SSSR count). The lowest BCUT2D eigenvalue weighted by atomic mass is 10.0. The van der Waals surface area contributed by atoms with E-state index in [-0.39, 0.29) is 11.9 Å². The van der Waals surface area contributed by atoms with Crippen molar-refractivity contribution >= 4 is 5.91 Å². The molecule has 0 saturated carbocycles. The van der Waals surface area contributed by atoms with Crippen LogP contribution in [0.3, 0.4) is 0 Å². The highest BCUT2D eigenvalue weighted by Gasteiger charge is 2.28. The van der Waals surface area contributed by atoms with Crippen LogP contribution >= 0.6 is 0 Å². The number of nitrogens with two attached hydrogens (primary N) is 1. The summed E-state index contributed by atoms with van der Waals surface area (Å²) in [5, 5.41) is 0. The second kappa shape index (κ2) is 5.35. The predicted molar refractivity (Wildman–Crippen MR) is 57.9 cm³/mol. The molecule has 0 aromatic carbocycles. The Balaban J connectivity index is 2.44. The van der Waals surface area contributed by atoms with Crippen molar-refractivity contribution in [3.05, 3.63) is 0 Å². The van der Waals surface area contributed by atoms with Crippen LogP contribution < -0.4 is 5.73 Å². The number of piperidine rings is 1. The summed E-state index contributed by atoms with van der Waals surface area (Å²) in [6.45, 7) is 5.21. The molecule has 2 unspecified atom stereocenters. The van der Waals surface area contributed by atoms with Crippen molar-refractivity contribution in [2.45, 2.75) is 58.0 Å². The van der Waals surface area contributed by atoms with E-state index in [0.29, 0.717) is 6.04 Å². The maximum atomic E-state index is 11.7. The lowest BCUT2D eigenvalue weighted by Crippen LogP contribution is -2.51. The standard InChI is InChI=1S/C11H22N2O/c1-3-4-6-9(2)13-8-5-7-10(12)11(13)14/h9-10H,3-8,12H2,1-2H3. The Morgan fingerprint density at radius 1 is 1.64 bits per heavy atom. The first-order chi connectivity index (χ1) is 6.66. The quantitative estimate of drug-likeness (QED) is 0.744. The molecule has 1 aliphatic heterocycles. The van der Waals surface area contributed by atoms with Crippen molar-refractivity contribution < 1.29 is 4.79 Å². The lowest BCUT2D eigenvalue weighted by Gasteiger charge is -2.35. The maximum absolute atomic E-state index is 11.7. The predicted octanol–water partition coefficient (Wildman–Crippen LogP) is 1.51. The summed E-state index contributed by atoms with van der Waals surface area (Å²) in [5.74, 6) is 0.153. The van der Waals surface area contributed by atoms with Crippen molar-refractivity contribution in [3.63, 3.8) is 0 Å². The average molecular weight is 198 g/mol. The molecule has 2 N–H and O–H groups in total. The summed E-state index contributed by atoms with van der Waals surface area (Å²) in [7, 11) is 0. The highest BCUT2D eigenvalue weighted by Crippen LogP contribution is 2.16. The molecule has 1 amide bonds. The number of nitrogens with zero attached hydrogens (tertiary/aromatic N) is 1. The normalized spacial score (nSPS) is 25.2. The van der Waals surface area contributed by atoms with Crippen LogP contribution in [-0.2, 0) is 4.79 Å². The van der Waals surface area contributed by atoms with E-state index in [1.165, 1.54) is 12.8 Å². The molecule has 0 spiro atoms. The maximum Gasteiger partial charge on any atom is 0.239 e. The van der Waals surface area contributed by atoms with Gasteiger partial charge in [-0.3, -0.25) is 4.79 Å². The Morgan fingerprint density at radius 3 is 3.00 bits per heavy atom. The van der Waals surface area contributed by atoms with Gasteiger partial charge in [0, 0.05) is 12.6 Å². The molecule has 0 aromatic rings. The van der Waals surface area contributed by atoms with E-state index < -0.39 is 0 Å². The van der Waals surface area contributed by atoms with Crippen LogP contribution in [0.2, 0.25) is 0 Å². The van der Waals surface area contributed by atoms with E-state index in [4.69, 9.17) is 5.73 Å². The summed E-state index contributed by atoms with van der Waals surface area (Å²) in [6, 6.07) is 0.127. The fourth-order valence-corrected chi connectivity index (χ4v) is 2.02. The Morgan fingerprint density at radius 2 is 2.36 bits per heavy atom. The first-order valence-electron chi connectivity index (χ1n) is 5.73. The van der Waals surface area contributed by atoms with E-state index in [1.54, 1.807) is 0 Å². The number of hydrogen-bond acceptors (Lipinski definition) is 2. The van der Waals surface area contributed by atoms with Crippen LogP contribution in [0, 0.1) is 0 Å². The van der Waals surface area contributed by atoms with Crippen molar-refractivity contribution in [1.29, 1.82) is 0 Å². The highest BCUT2D eigenvalue weighted by atomic mass is 16.2. The minimum absolute atomic E-state index is 0.153. The van der Waals surface area contributed by atoms with Gasteiger partial charge in [0.15, 0.2) is 0 Å². The Labute approximate surface area is 86.6 Å². The molecule has 82 valence electrons. The molecule has 1 aliphatic rings. The number of rotatable bonds is 4. The first kappa shape index (κ1) is 11.5. The minimum atomic E-state index is -0.243. The highest BCUT2D eigenvalue weighted by molar-refractivity contribution is 5.82. The smallest absolute Gasteiger partial charge is 0.239 e. The van der Waals surface area contributed by atoms with E-state index in [0.717, 1.165) is 25.8 Å². The Hall–Kier alpha value is -0.570. The summed E-state index contributed by atoms with van der Waals surface area (Å²) in [5.41, 5.74) is 5.74. The molecule has 1 saturated heterocycles. The van der Waals surface area contributed by atoms with Crippen LogP contribution in [0.15, 0.2) is 0 Å². The number of amides is 1. The van der Waals surface area contributed by atoms with Crippen molar-refractivity contribution in [2.75, 3.05) is 6.54 Å². The third kappa shape index (κ3) is 2.71. The van der Waals surface area contributed by atoms with Crippen LogP contribution in [0.1, 0.15) is 46.0 Å². The van der Waals surface area contributed by atoms with E-state index in [9.17, 15) is 4.79 Å². The Kier molecular flexibility index (Phi) is 4.39. The fraction of sp³-hybridized carbons (Fsp3) is 0.909. The second-order valence-corrected chi connectivity index (χ2v) is 4.27. The molecule has 0 aliphatic carbocycles. The van der Waals surface area contributed by atoms with E-state index in [1.807, 2.05) is 4.90 Å². The molecule has 0 bridgehead atoms. The van der Waals surface area contributed by atoms with Crippen LogP contribution in [0.5, 0.6) is 0 Å². The monoisotopic (exact) mass is 198 g/mol. The summed E-state index contributed by atoms with van der Waals surface area (Å²) < 4.78 is 0. The van der Waals surface area contributed by atoms with E-state index >= 15 is 0 Å². The molecule has 0 aromatic heterocycles. The number of hydrogen-bond donors (Lipinski definition) is 1. The number of likely N-dealkylation sites (tertiary alicyclic amines) is 1. The zero-order chi connectivity index (χ0) is 10.6. The lowest BCUT2D eigenvalue weighted by molar-refractivity contribution is -0.137. The van der Waals surface area contributed by atoms with Crippen LogP contribution in [0.25, 0.3) is 0 Å². The summed E-state index contributed by atoms with van der Waals surface area (Å²) >= 11 is 0. The van der Waals surface area contributed by atoms with Crippen molar-refractivity contribution in [3.8, 4) is 0 Å². The minimum Gasteiger partial charge on any atom is -0.339 e. The zero-order valence-electron chi connectivity index (χ0n) is 9.33. The molecule has 14 heavy (non-hydrogen) atoms. The Bertz CT molecular complexity index is 194. The molecule has 1 heterocycles. The summed E-state index contributed by atoms with van der Waals surface area (Å²) in [4.78, 5) is 13.7. The van der Waals surface area contributed by atoms with Gasteiger partial charge in [0.05, 0.1) is 6.04 Å². The zero-order valence-corrected chi connectivity index (χ0v) is 9.33. The van der Waals surface area contributed by atoms with Gasteiger partial charge in [0.1, 0.15) is 0 Å².